The molecular weight excluding hydrogens is 416 g/mol. The van der Waals surface area contributed by atoms with Crippen molar-refractivity contribution in [1.29, 1.82) is 0 Å². The van der Waals surface area contributed by atoms with Gasteiger partial charge in [0.1, 0.15) is 0 Å². The van der Waals surface area contributed by atoms with E-state index in [0.717, 1.165) is 5.39 Å². The monoisotopic (exact) mass is 434 g/mol. The van der Waals surface area contributed by atoms with Crippen LogP contribution in [0.3, 0.4) is 0 Å². The molecule has 0 radical (unpaired) electrons. The van der Waals surface area contributed by atoms with E-state index < -0.39 is 30.7 Å². The summed E-state index contributed by atoms with van der Waals surface area (Å²) in [7, 11) is -8.09. The molecule has 29 heavy (non-hydrogen) atoms. The van der Waals surface area contributed by atoms with E-state index in [1.807, 2.05) is 6.07 Å². The third-order valence-corrected chi connectivity index (χ3v) is 7.59. The van der Waals surface area contributed by atoms with Crippen LogP contribution in [0.25, 0.3) is 10.8 Å². The number of nitrogens with zero attached hydrogens (tertiary/aromatic N) is 1. The van der Waals surface area contributed by atoms with E-state index in [1.165, 1.54) is 32.0 Å². The van der Waals surface area contributed by atoms with Crippen molar-refractivity contribution < 1.29 is 21.8 Å². The summed E-state index contributed by atoms with van der Waals surface area (Å²) in [6.07, 6.45) is 0. The molecule has 3 aromatic rings. The van der Waals surface area contributed by atoms with Crippen LogP contribution in [-0.2, 0) is 19.9 Å². The van der Waals surface area contributed by atoms with E-state index >= 15 is 0 Å². The summed E-state index contributed by atoms with van der Waals surface area (Å²) in [6, 6.07) is 14.7. The molecule has 0 aliphatic rings. The summed E-state index contributed by atoms with van der Waals surface area (Å²) in [5, 5.41) is 12.0. The molecule has 3 rings (SSSR count). The first-order valence-corrected chi connectivity index (χ1v) is 11.6. The van der Waals surface area contributed by atoms with E-state index in [1.54, 1.807) is 30.3 Å². The lowest BCUT2D eigenvalue weighted by Crippen LogP contribution is -2.18. The molecular formula is C19H18N2O6S2. The van der Waals surface area contributed by atoms with Gasteiger partial charge in [0.25, 0.3) is 10.0 Å². The van der Waals surface area contributed by atoms with Gasteiger partial charge in [0.05, 0.1) is 9.79 Å². The summed E-state index contributed by atoms with van der Waals surface area (Å²) < 4.78 is 52.9. The minimum absolute atomic E-state index is 0.0935. The second-order valence-electron chi connectivity index (χ2n) is 6.60. The smallest absolute Gasteiger partial charge is 0.280 e. The summed E-state index contributed by atoms with van der Waals surface area (Å²) >= 11 is 0. The number of hydrogen-bond acceptors (Lipinski definition) is 6. The molecule has 0 aromatic heterocycles. The molecule has 0 heterocycles. The average Bonchev–Trinajstić information content (AvgIpc) is 2.58. The Morgan fingerprint density at radius 1 is 0.931 bits per heavy atom. The lowest BCUT2D eigenvalue weighted by atomic mass is 10.1. The quantitative estimate of drug-likeness (QED) is 0.469. The summed E-state index contributed by atoms with van der Waals surface area (Å²) in [5.74, 6) is -1.23. The molecule has 0 fully saturated rings. The van der Waals surface area contributed by atoms with E-state index in [2.05, 4.69) is 4.72 Å². The number of nitrogens with one attached hydrogen (secondary N) is 1. The number of hydrogen-bond donors (Lipinski definition) is 1. The van der Waals surface area contributed by atoms with E-state index in [9.17, 15) is 26.9 Å². The minimum Gasteiger partial charge on any atom is -0.280 e. The summed E-state index contributed by atoms with van der Waals surface area (Å²) in [4.78, 5) is 9.68. The van der Waals surface area contributed by atoms with Gasteiger partial charge in [0.2, 0.25) is 9.84 Å². The molecule has 3 aromatic carbocycles. The van der Waals surface area contributed by atoms with Gasteiger partial charge in [-0.3, -0.25) is 14.8 Å². The van der Waals surface area contributed by atoms with Gasteiger partial charge < -0.3 is 0 Å². The molecule has 0 unspecified atom stereocenters. The maximum atomic E-state index is 12.9. The zero-order valence-electron chi connectivity index (χ0n) is 15.6. The van der Waals surface area contributed by atoms with Crippen molar-refractivity contribution in [3.8, 4) is 0 Å². The van der Waals surface area contributed by atoms with Gasteiger partial charge in [-0.2, -0.15) is 0 Å². The highest BCUT2D eigenvalue weighted by Crippen LogP contribution is 2.29. The van der Waals surface area contributed by atoms with Crippen LogP contribution in [0, 0.1) is 24.0 Å². The third-order valence-electron chi connectivity index (χ3n) is 4.34. The standard InChI is InChI=1S/C19H18N2O6S2/c1-13-10-16(11-14(2)19(13)28(24,25)12-21(22)23)20-29(26,27)18-9-5-7-15-6-3-4-8-17(15)18/h3-11,20H,12H2,1-2H3. The molecule has 8 nitrogen and oxygen atoms in total. The highest BCUT2D eigenvalue weighted by Gasteiger charge is 2.26. The number of rotatable bonds is 6. The van der Waals surface area contributed by atoms with Crippen molar-refractivity contribution in [3.63, 3.8) is 0 Å². The van der Waals surface area contributed by atoms with Crippen LogP contribution in [0.1, 0.15) is 11.1 Å². The second-order valence-corrected chi connectivity index (χ2v) is 10.1. The van der Waals surface area contributed by atoms with Gasteiger partial charge in [-0.1, -0.05) is 36.4 Å². The van der Waals surface area contributed by atoms with Crippen molar-refractivity contribution in [2.24, 2.45) is 0 Å². The van der Waals surface area contributed by atoms with Crippen molar-refractivity contribution in [2.75, 3.05) is 10.6 Å². The normalized spacial score (nSPS) is 12.1. The highest BCUT2D eigenvalue weighted by atomic mass is 32.2. The Bertz CT molecular complexity index is 1300. The number of sulfone groups is 1. The van der Waals surface area contributed by atoms with Crippen molar-refractivity contribution in [3.05, 3.63) is 75.8 Å². The molecule has 0 atom stereocenters. The highest BCUT2D eigenvalue weighted by molar-refractivity contribution is 7.93. The molecule has 0 spiro atoms. The second kappa shape index (κ2) is 7.45. The Kier molecular flexibility index (Phi) is 5.33. The fraction of sp³-hybridized carbons (Fsp3) is 0.158. The van der Waals surface area contributed by atoms with Gasteiger partial charge in [-0.05, 0) is 48.6 Å². The van der Waals surface area contributed by atoms with E-state index in [-0.39, 0.29) is 26.6 Å². The van der Waals surface area contributed by atoms with E-state index in [0.29, 0.717) is 5.39 Å². The number of fused-ring (bicyclic) bond motifs is 1. The molecule has 0 saturated heterocycles. The van der Waals surface area contributed by atoms with Crippen LogP contribution in [0.2, 0.25) is 0 Å². The number of sulfonamides is 1. The largest absolute Gasteiger partial charge is 0.305 e. The number of aryl methyl sites for hydroxylation is 2. The lowest BCUT2D eigenvalue weighted by Gasteiger charge is -2.14. The van der Waals surface area contributed by atoms with Crippen molar-refractivity contribution in [1.82, 2.24) is 0 Å². The molecule has 0 amide bonds. The Labute approximate surface area is 168 Å². The van der Waals surface area contributed by atoms with Gasteiger partial charge in [-0.25, -0.2) is 16.8 Å². The van der Waals surface area contributed by atoms with Crippen LogP contribution < -0.4 is 4.72 Å². The van der Waals surface area contributed by atoms with E-state index in [4.69, 9.17) is 0 Å². The average molecular weight is 434 g/mol. The van der Waals surface area contributed by atoms with Crippen LogP contribution in [0.5, 0.6) is 0 Å². The molecule has 0 saturated carbocycles. The van der Waals surface area contributed by atoms with Crippen molar-refractivity contribution >= 4 is 36.3 Å². The first-order valence-electron chi connectivity index (χ1n) is 8.48. The summed E-state index contributed by atoms with van der Waals surface area (Å²) in [5.41, 5.74) is 0.623. The SMILES string of the molecule is Cc1cc(NS(=O)(=O)c2cccc3ccccc23)cc(C)c1S(=O)(=O)C[N+](=O)[O-]. The number of nitro groups is 1. The summed E-state index contributed by atoms with van der Waals surface area (Å²) in [6.45, 7) is 2.94. The van der Waals surface area contributed by atoms with Gasteiger partial charge >= 0.3 is 5.88 Å². The van der Waals surface area contributed by atoms with Crippen LogP contribution in [-0.4, -0.2) is 27.6 Å². The lowest BCUT2D eigenvalue weighted by molar-refractivity contribution is -0.458. The maximum Gasteiger partial charge on any atom is 0.305 e. The zero-order chi connectivity index (χ0) is 21.4. The maximum absolute atomic E-state index is 12.9. The predicted octanol–water partition coefficient (Wildman–Crippen LogP) is 3.27. The molecule has 152 valence electrons. The predicted molar refractivity (Wildman–Crippen MR) is 110 cm³/mol. The van der Waals surface area contributed by atoms with Crippen LogP contribution in [0.4, 0.5) is 5.69 Å². The first kappa shape index (κ1) is 20.7. The Hall–Kier alpha value is -2.98. The number of anilines is 1. The minimum atomic E-state index is -4.14. The van der Waals surface area contributed by atoms with Gasteiger partial charge in [-0.15, -0.1) is 0 Å². The zero-order valence-corrected chi connectivity index (χ0v) is 17.2. The molecule has 0 bridgehead atoms. The first-order chi connectivity index (χ1) is 13.5. The molecule has 1 N–H and O–H groups in total. The Morgan fingerprint density at radius 2 is 1.52 bits per heavy atom. The molecule has 0 aliphatic heterocycles. The topological polar surface area (TPSA) is 123 Å². The van der Waals surface area contributed by atoms with Gasteiger partial charge in [0, 0.05) is 16.0 Å². The third kappa shape index (κ3) is 4.22. The fourth-order valence-corrected chi connectivity index (χ4v) is 6.12. The fourth-order valence-electron chi connectivity index (χ4n) is 3.34. The molecule has 0 aliphatic carbocycles. The van der Waals surface area contributed by atoms with Crippen molar-refractivity contribution in [2.45, 2.75) is 23.6 Å². The molecule has 10 heteroatoms. The Balaban J connectivity index is 2.03. The van der Waals surface area contributed by atoms with Gasteiger partial charge in [0.15, 0.2) is 0 Å². The Morgan fingerprint density at radius 3 is 2.14 bits per heavy atom. The van der Waals surface area contributed by atoms with Crippen LogP contribution >= 0.6 is 0 Å². The van der Waals surface area contributed by atoms with Crippen LogP contribution in [0.15, 0.2) is 64.4 Å². The number of benzene rings is 3.